The average Bonchev–Trinajstić information content (AvgIpc) is 3.53. The molecule has 0 radical (unpaired) electrons. The third kappa shape index (κ3) is 7.76. The maximum Gasteiger partial charge on any atom is 0.408 e. The number of rotatable bonds is 9. The summed E-state index contributed by atoms with van der Waals surface area (Å²) in [5, 5.41) is 5.78. The van der Waals surface area contributed by atoms with Gasteiger partial charge in [0.25, 0.3) is 0 Å². The molecule has 1 aromatic carbocycles. The first-order valence-electron chi connectivity index (χ1n) is 12.0. The van der Waals surface area contributed by atoms with E-state index in [1.807, 2.05) is 58.9 Å². The molecule has 1 fully saturated rings. The van der Waals surface area contributed by atoms with Gasteiger partial charge in [0, 0.05) is 12.1 Å². The first-order valence-corrected chi connectivity index (χ1v) is 12.0. The Morgan fingerprint density at radius 1 is 1.06 bits per heavy atom. The lowest BCUT2D eigenvalue weighted by Gasteiger charge is -2.36. The smallest absolute Gasteiger partial charge is 0.408 e. The van der Waals surface area contributed by atoms with Crippen molar-refractivity contribution in [2.45, 2.75) is 104 Å². The Balaban J connectivity index is 2.44. The number of ether oxygens (including phenoxy) is 1. The molecule has 3 unspecified atom stereocenters. The molecular weight excluding hydrogens is 418 g/mol. The van der Waals surface area contributed by atoms with Crippen LogP contribution < -0.4 is 10.6 Å². The summed E-state index contributed by atoms with van der Waals surface area (Å²) in [6, 6.07) is 6.06. The van der Waals surface area contributed by atoms with E-state index in [2.05, 4.69) is 10.6 Å². The Morgan fingerprint density at radius 2 is 1.64 bits per heavy atom. The third-order valence-corrected chi connectivity index (χ3v) is 5.70. The number of amides is 3. The van der Waals surface area contributed by atoms with Crippen LogP contribution in [0.4, 0.5) is 4.79 Å². The van der Waals surface area contributed by atoms with Crippen molar-refractivity contribution in [3.05, 3.63) is 35.4 Å². The first-order chi connectivity index (χ1) is 15.3. The molecule has 0 spiro atoms. The molecule has 1 aliphatic carbocycles. The minimum Gasteiger partial charge on any atom is -0.444 e. The monoisotopic (exact) mass is 459 g/mol. The summed E-state index contributed by atoms with van der Waals surface area (Å²) >= 11 is 0. The molecule has 33 heavy (non-hydrogen) atoms. The van der Waals surface area contributed by atoms with Crippen LogP contribution in [0.25, 0.3) is 0 Å². The maximum atomic E-state index is 14.0. The predicted molar refractivity (Wildman–Crippen MR) is 130 cm³/mol. The summed E-state index contributed by atoms with van der Waals surface area (Å²) in [5.74, 6) is -0.588. The second-order valence-corrected chi connectivity index (χ2v) is 10.5. The van der Waals surface area contributed by atoms with Gasteiger partial charge in [0.1, 0.15) is 17.7 Å². The van der Waals surface area contributed by atoms with Gasteiger partial charge in [-0.3, -0.25) is 9.59 Å². The standard InChI is InChI=1S/C26H41N3O4/c1-9-18(5)21(28-25(32)33-26(6,7)8)24(31)29(20-14-15-20)22(23(30)27-16(2)3)19-12-10-17(4)11-13-19/h10-13,16,18,20-22H,9,14-15H2,1-8H3,(H,27,30)(H,28,32). The van der Waals surface area contributed by atoms with Gasteiger partial charge >= 0.3 is 6.09 Å². The number of benzene rings is 1. The van der Waals surface area contributed by atoms with Crippen LogP contribution >= 0.6 is 0 Å². The number of carbonyl (C=O) groups excluding carboxylic acids is 3. The van der Waals surface area contributed by atoms with Crippen molar-refractivity contribution in [2.75, 3.05) is 0 Å². The van der Waals surface area contributed by atoms with Gasteiger partial charge < -0.3 is 20.3 Å². The van der Waals surface area contributed by atoms with E-state index in [4.69, 9.17) is 4.74 Å². The zero-order valence-corrected chi connectivity index (χ0v) is 21.4. The molecule has 1 aliphatic rings. The minimum atomic E-state index is -0.787. The lowest BCUT2D eigenvalue weighted by molar-refractivity contribution is -0.144. The van der Waals surface area contributed by atoms with Crippen molar-refractivity contribution in [2.24, 2.45) is 5.92 Å². The molecule has 3 atom stereocenters. The fourth-order valence-corrected chi connectivity index (χ4v) is 3.70. The van der Waals surface area contributed by atoms with Crippen LogP contribution in [0.1, 0.15) is 84.9 Å². The predicted octanol–water partition coefficient (Wildman–Crippen LogP) is 4.49. The molecule has 7 nitrogen and oxygen atoms in total. The minimum absolute atomic E-state index is 0.0336. The lowest BCUT2D eigenvalue weighted by atomic mass is 9.95. The van der Waals surface area contributed by atoms with Gasteiger partial charge in [-0.2, -0.15) is 0 Å². The Morgan fingerprint density at radius 3 is 2.09 bits per heavy atom. The second kappa shape index (κ2) is 11.0. The highest BCUT2D eigenvalue weighted by atomic mass is 16.6. The zero-order valence-electron chi connectivity index (χ0n) is 21.4. The topological polar surface area (TPSA) is 87.7 Å². The summed E-state index contributed by atoms with van der Waals surface area (Å²) in [6.45, 7) is 15.1. The van der Waals surface area contributed by atoms with Crippen LogP contribution in [0.3, 0.4) is 0 Å². The van der Waals surface area contributed by atoms with E-state index in [0.29, 0.717) is 6.42 Å². The van der Waals surface area contributed by atoms with E-state index in [9.17, 15) is 14.4 Å². The van der Waals surface area contributed by atoms with Gasteiger partial charge in [-0.25, -0.2) is 4.79 Å². The van der Waals surface area contributed by atoms with Crippen LogP contribution in [0, 0.1) is 12.8 Å². The fraction of sp³-hybridized carbons (Fsp3) is 0.654. The van der Waals surface area contributed by atoms with Crippen molar-refractivity contribution in [1.29, 1.82) is 0 Å². The quantitative estimate of drug-likeness (QED) is 0.569. The van der Waals surface area contributed by atoms with Crippen LogP contribution in [0.5, 0.6) is 0 Å². The number of nitrogens with zero attached hydrogens (tertiary/aromatic N) is 1. The Hall–Kier alpha value is -2.57. The molecule has 3 amide bonds. The van der Waals surface area contributed by atoms with E-state index in [1.54, 1.807) is 25.7 Å². The van der Waals surface area contributed by atoms with Crippen LogP contribution in [0.15, 0.2) is 24.3 Å². The number of alkyl carbamates (subject to hydrolysis) is 1. The molecule has 2 rings (SSSR count). The summed E-state index contributed by atoms with van der Waals surface area (Å²) in [5.41, 5.74) is 1.17. The summed E-state index contributed by atoms with van der Waals surface area (Å²) in [7, 11) is 0. The second-order valence-electron chi connectivity index (χ2n) is 10.5. The molecular formula is C26H41N3O4. The van der Waals surface area contributed by atoms with E-state index < -0.39 is 23.8 Å². The number of carbonyl (C=O) groups is 3. The summed E-state index contributed by atoms with van der Waals surface area (Å²) in [6.07, 6.45) is 1.74. The largest absolute Gasteiger partial charge is 0.444 e. The Labute approximate surface area is 198 Å². The average molecular weight is 460 g/mol. The summed E-state index contributed by atoms with van der Waals surface area (Å²) < 4.78 is 5.43. The number of aryl methyl sites for hydroxylation is 1. The van der Waals surface area contributed by atoms with Crippen molar-refractivity contribution in [3.8, 4) is 0 Å². The van der Waals surface area contributed by atoms with Gasteiger partial charge in [-0.1, -0.05) is 50.1 Å². The normalized spacial score (nSPS) is 16.5. The Kier molecular flexibility index (Phi) is 8.92. The molecule has 0 aromatic heterocycles. The fourth-order valence-electron chi connectivity index (χ4n) is 3.70. The van der Waals surface area contributed by atoms with Gasteiger partial charge in [-0.15, -0.1) is 0 Å². The van der Waals surface area contributed by atoms with Gasteiger partial charge in [-0.05, 0) is 65.9 Å². The first kappa shape index (κ1) is 26.7. The van der Waals surface area contributed by atoms with Crippen molar-refractivity contribution < 1.29 is 19.1 Å². The maximum absolute atomic E-state index is 14.0. The van der Waals surface area contributed by atoms with Crippen molar-refractivity contribution in [3.63, 3.8) is 0 Å². The molecule has 0 aliphatic heterocycles. The van der Waals surface area contributed by atoms with E-state index in [0.717, 1.165) is 24.0 Å². The molecule has 184 valence electrons. The van der Waals surface area contributed by atoms with Crippen LogP contribution in [-0.2, 0) is 14.3 Å². The van der Waals surface area contributed by atoms with E-state index >= 15 is 0 Å². The van der Waals surface area contributed by atoms with Crippen LogP contribution in [0.2, 0.25) is 0 Å². The SMILES string of the molecule is CCC(C)C(NC(=O)OC(C)(C)C)C(=O)N(C1CC1)C(C(=O)NC(C)C)c1ccc(C)cc1. The molecule has 1 aromatic rings. The highest BCUT2D eigenvalue weighted by Crippen LogP contribution is 2.36. The summed E-state index contributed by atoms with van der Waals surface area (Å²) in [4.78, 5) is 41.6. The van der Waals surface area contributed by atoms with Crippen molar-refractivity contribution in [1.82, 2.24) is 15.5 Å². The molecule has 0 bridgehead atoms. The van der Waals surface area contributed by atoms with Crippen molar-refractivity contribution >= 4 is 17.9 Å². The highest BCUT2D eigenvalue weighted by Gasteiger charge is 2.45. The lowest BCUT2D eigenvalue weighted by Crippen LogP contribution is -2.56. The molecule has 0 saturated heterocycles. The molecule has 2 N–H and O–H groups in total. The molecule has 0 heterocycles. The highest BCUT2D eigenvalue weighted by molar-refractivity contribution is 5.92. The van der Waals surface area contributed by atoms with Gasteiger partial charge in [0.05, 0.1) is 0 Å². The van der Waals surface area contributed by atoms with Gasteiger partial charge in [0.15, 0.2) is 0 Å². The van der Waals surface area contributed by atoms with Gasteiger partial charge in [0.2, 0.25) is 11.8 Å². The zero-order chi connectivity index (χ0) is 24.9. The van der Waals surface area contributed by atoms with E-state index in [-0.39, 0.29) is 29.8 Å². The van der Waals surface area contributed by atoms with Crippen LogP contribution in [-0.4, -0.2) is 46.5 Å². The number of hydrogen-bond acceptors (Lipinski definition) is 4. The third-order valence-electron chi connectivity index (χ3n) is 5.70. The molecule has 1 saturated carbocycles. The Bertz CT molecular complexity index is 825. The number of nitrogens with one attached hydrogen (secondary N) is 2. The molecule has 7 heteroatoms. The van der Waals surface area contributed by atoms with E-state index in [1.165, 1.54) is 0 Å². The number of hydrogen-bond donors (Lipinski definition) is 2.